The molecule has 0 spiro atoms. The largest absolute Gasteiger partial charge is 0.460 e. The third-order valence-corrected chi connectivity index (χ3v) is 4.52. The molecule has 1 N–H and O–H groups in total. The highest BCUT2D eigenvalue weighted by atomic mass is 19.4. The molecule has 1 rings (SSSR count). The van der Waals surface area contributed by atoms with Crippen LogP contribution in [0.5, 0.6) is 0 Å². The molecule has 0 atom stereocenters. The van der Waals surface area contributed by atoms with E-state index in [2.05, 4.69) is 4.89 Å². The first kappa shape index (κ1) is 31.0. The summed E-state index contributed by atoms with van der Waals surface area (Å²) in [5.74, 6) is -56.7. The van der Waals surface area contributed by atoms with Crippen molar-refractivity contribution >= 4 is 0 Å². The van der Waals surface area contributed by atoms with E-state index in [1.165, 1.54) is 0 Å². The van der Waals surface area contributed by atoms with Gasteiger partial charge in [-0.05, 0) is 12.0 Å². The Balaban J connectivity index is 3.60. The van der Waals surface area contributed by atoms with Crippen molar-refractivity contribution in [1.82, 2.24) is 0 Å². The minimum Gasteiger partial charge on any atom is -0.252 e. The second kappa shape index (κ2) is 8.81. The van der Waals surface area contributed by atoms with Crippen molar-refractivity contribution in [3.63, 3.8) is 0 Å². The Morgan fingerprint density at radius 1 is 0.514 bits per heavy atom. The maximum Gasteiger partial charge on any atom is 0.460 e. The molecule has 0 aliphatic rings. The Labute approximate surface area is 182 Å². The van der Waals surface area contributed by atoms with Crippen LogP contribution in [0.1, 0.15) is 11.1 Å². The Kier molecular flexibility index (Phi) is 7.80. The lowest BCUT2D eigenvalue weighted by atomic mass is 9.87. The molecule has 0 aliphatic carbocycles. The molecule has 1 aromatic carbocycles. The fourth-order valence-electron chi connectivity index (χ4n) is 2.39. The summed E-state index contributed by atoms with van der Waals surface area (Å²) in [7, 11) is 0. The predicted molar refractivity (Wildman–Crippen MR) is 78.4 cm³/mol. The fraction of sp³-hybridized carbons (Fsp3) is 0.625. The van der Waals surface area contributed by atoms with Gasteiger partial charge >= 0.3 is 47.6 Å². The van der Waals surface area contributed by atoms with Crippen molar-refractivity contribution in [2.24, 2.45) is 0 Å². The lowest BCUT2D eigenvalue weighted by Gasteiger charge is -2.42. The predicted octanol–water partition coefficient (Wildman–Crippen LogP) is 7.18. The van der Waals surface area contributed by atoms with Crippen LogP contribution in [-0.4, -0.2) is 53.6 Å². The molecule has 0 saturated heterocycles. The first-order valence-corrected chi connectivity index (χ1v) is 8.36. The average Bonchev–Trinajstić information content (AvgIpc) is 2.70. The molecule has 0 amide bonds. The summed E-state index contributed by atoms with van der Waals surface area (Å²) in [5.41, 5.74) is -2.44. The van der Waals surface area contributed by atoms with Gasteiger partial charge in [-0.2, -0.15) is 74.6 Å². The van der Waals surface area contributed by atoms with Crippen LogP contribution in [0, 0.1) is 0 Å². The van der Waals surface area contributed by atoms with Crippen molar-refractivity contribution in [2.45, 2.75) is 54.1 Å². The van der Waals surface area contributed by atoms with Crippen molar-refractivity contribution in [3.8, 4) is 0 Å². The summed E-state index contributed by atoms with van der Waals surface area (Å²) in [5, 5.41) is 8.10. The summed E-state index contributed by atoms with van der Waals surface area (Å²) in [4.78, 5) is 3.58. The van der Waals surface area contributed by atoms with Crippen molar-refractivity contribution in [1.29, 1.82) is 0 Å². The van der Waals surface area contributed by atoms with Gasteiger partial charge < -0.3 is 0 Å². The molecule has 204 valence electrons. The van der Waals surface area contributed by atoms with Gasteiger partial charge in [-0.15, -0.1) is 0 Å². The van der Waals surface area contributed by atoms with E-state index in [0.29, 0.717) is 12.1 Å². The highest BCUT2D eigenvalue weighted by molar-refractivity contribution is 5.29. The van der Waals surface area contributed by atoms with Crippen LogP contribution in [0.2, 0.25) is 0 Å². The number of alkyl halides is 17. The van der Waals surface area contributed by atoms with Crippen LogP contribution < -0.4 is 0 Å². The second-order valence-corrected chi connectivity index (χ2v) is 6.80. The lowest BCUT2D eigenvalue weighted by molar-refractivity contribution is -0.462. The Morgan fingerprint density at radius 2 is 0.857 bits per heavy atom. The molecular formula is C16H9F17O2. The Morgan fingerprint density at radius 3 is 1.20 bits per heavy atom. The molecule has 0 fully saturated rings. The van der Waals surface area contributed by atoms with E-state index in [-0.39, 0.29) is 24.1 Å². The standard InChI is InChI=1S/C16H9F17O2/c17-9(18,8-3-1-7(2-4-8)5-6-35-34)10(19,20)11(21,22)12(23,24)13(25,26)14(27,28)15(29,30)16(31,32)33/h1-4,34H,5-6H2. The van der Waals surface area contributed by atoms with E-state index >= 15 is 0 Å². The summed E-state index contributed by atoms with van der Waals surface area (Å²) >= 11 is 0. The maximum atomic E-state index is 14.1. The Hall–Kier alpha value is -2.05. The van der Waals surface area contributed by atoms with Crippen LogP contribution in [-0.2, 0) is 17.2 Å². The van der Waals surface area contributed by atoms with Gasteiger partial charge in [0.1, 0.15) is 0 Å². The minimum absolute atomic E-state index is 0.139. The minimum atomic E-state index is -8.66. The van der Waals surface area contributed by atoms with Gasteiger partial charge in [0.05, 0.1) is 6.61 Å². The average molecular weight is 556 g/mol. The fourth-order valence-corrected chi connectivity index (χ4v) is 2.39. The summed E-state index contributed by atoms with van der Waals surface area (Å²) < 4.78 is 225. The zero-order valence-electron chi connectivity index (χ0n) is 16.0. The quantitative estimate of drug-likeness (QED) is 0.188. The van der Waals surface area contributed by atoms with E-state index in [4.69, 9.17) is 5.26 Å². The second-order valence-electron chi connectivity index (χ2n) is 6.80. The lowest BCUT2D eigenvalue weighted by Crippen LogP contribution is -2.74. The molecule has 0 aromatic heterocycles. The normalized spacial score (nSPS) is 15.5. The third-order valence-electron chi connectivity index (χ3n) is 4.52. The molecule has 0 aliphatic heterocycles. The van der Waals surface area contributed by atoms with Crippen LogP contribution in [0.25, 0.3) is 0 Å². The highest BCUT2D eigenvalue weighted by Gasteiger charge is 2.95. The maximum absolute atomic E-state index is 14.1. The van der Waals surface area contributed by atoms with Crippen molar-refractivity contribution in [3.05, 3.63) is 35.4 Å². The van der Waals surface area contributed by atoms with E-state index in [1.54, 1.807) is 0 Å². The van der Waals surface area contributed by atoms with Gasteiger partial charge in [0.15, 0.2) is 0 Å². The van der Waals surface area contributed by atoms with Crippen molar-refractivity contribution < 1.29 is 84.8 Å². The van der Waals surface area contributed by atoms with E-state index in [0.717, 1.165) is 0 Å². The van der Waals surface area contributed by atoms with Crippen molar-refractivity contribution in [2.75, 3.05) is 6.61 Å². The first-order chi connectivity index (χ1) is 15.3. The topological polar surface area (TPSA) is 29.5 Å². The number of halogens is 17. The van der Waals surface area contributed by atoms with Gasteiger partial charge in [-0.3, -0.25) is 5.26 Å². The number of benzene rings is 1. The van der Waals surface area contributed by atoms with Gasteiger partial charge in [-0.25, -0.2) is 4.89 Å². The summed E-state index contributed by atoms with van der Waals surface area (Å²) in [6.07, 6.45) is -8.12. The van der Waals surface area contributed by atoms with Gasteiger partial charge in [0, 0.05) is 5.56 Å². The molecule has 0 saturated carbocycles. The summed E-state index contributed by atoms with van der Waals surface area (Å²) in [6.45, 7) is -0.526. The zero-order valence-corrected chi connectivity index (χ0v) is 16.0. The monoisotopic (exact) mass is 556 g/mol. The van der Waals surface area contributed by atoms with Crippen LogP contribution >= 0.6 is 0 Å². The molecule has 35 heavy (non-hydrogen) atoms. The third kappa shape index (κ3) is 4.37. The molecule has 0 heterocycles. The number of hydrogen-bond donors (Lipinski definition) is 1. The Bertz CT molecular complexity index is 873. The van der Waals surface area contributed by atoms with E-state index in [1.807, 2.05) is 0 Å². The van der Waals surface area contributed by atoms with Gasteiger partial charge in [0.2, 0.25) is 0 Å². The van der Waals surface area contributed by atoms with Crippen LogP contribution in [0.3, 0.4) is 0 Å². The molecule has 1 aromatic rings. The molecule has 2 nitrogen and oxygen atoms in total. The zero-order chi connectivity index (χ0) is 28.1. The molecule has 19 heteroatoms. The van der Waals surface area contributed by atoms with Crippen LogP contribution in [0.4, 0.5) is 74.6 Å². The summed E-state index contributed by atoms with van der Waals surface area (Å²) in [6, 6.07) is 0.612. The number of rotatable bonds is 10. The molecular weight excluding hydrogens is 547 g/mol. The van der Waals surface area contributed by atoms with E-state index in [9.17, 15) is 74.6 Å². The highest BCUT2D eigenvalue weighted by Crippen LogP contribution is 2.65. The van der Waals surface area contributed by atoms with Crippen LogP contribution in [0.15, 0.2) is 24.3 Å². The smallest absolute Gasteiger partial charge is 0.252 e. The van der Waals surface area contributed by atoms with Gasteiger partial charge in [-0.1, -0.05) is 24.3 Å². The molecule has 0 radical (unpaired) electrons. The SMILES string of the molecule is OOCCc1ccc(C(F)(F)C(F)(F)C(F)(F)C(F)(F)C(F)(F)C(F)(F)C(F)(F)C(F)(F)F)cc1. The first-order valence-electron chi connectivity index (χ1n) is 8.36. The molecule has 0 unspecified atom stereocenters. The molecule has 0 bridgehead atoms. The van der Waals surface area contributed by atoms with Gasteiger partial charge in [0.25, 0.3) is 0 Å². The van der Waals surface area contributed by atoms with E-state index < -0.39 is 59.8 Å². The number of hydrogen-bond acceptors (Lipinski definition) is 2.